The molecular weight excluding hydrogens is 224 g/mol. The third-order valence-corrected chi connectivity index (χ3v) is 2.20. The molecule has 86 valence electrons. The normalized spacial score (nSPS) is 10.6. The van der Waals surface area contributed by atoms with Crippen LogP contribution >= 0.6 is 11.6 Å². The summed E-state index contributed by atoms with van der Waals surface area (Å²) in [6.45, 7) is 2.16. The molecule has 1 aromatic rings. The molecule has 0 aliphatic heterocycles. The lowest BCUT2D eigenvalue weighted by atomic mass is 10.2. The lowest BCUT2D eigenvalue weighted by molar-refractivity contribution is -0.112. The van der Waals surface area contributed by atoms with Gasteiger partial charge < -0.3 is 4.74 Å². The highest BCUT2D eigenvalue weighted by molar-refractivity contribution is 6.17. The van der Waals surface area contributed by atoms with Crippen molar-refractivity contribution in [2.45, 2.75) is 13.3 Å². The Hall–Kier alpha value is -1.28. The minimum Gasteiger partial charge on any atom is -0.494 e. The molecule has 0 bridgehead atoms. The second kappa shape index (κ2) is 7.07. The molecule has 0 N–H and O–H groups in total. The van der Waals surface area contributed by atoms with Crippen molar-refractivity contribution in [3.8, 4) is 5.75 Å². The average molecular weight is 239 g/mol. The second-order valence-electron chi connectivity index (χ2n) is 3.40. The van der Waals surface area contributed by atoms with E-state index in [0.29, 0.717) is 12.5 Å². The fourth-order valence-electron chi connectivity index (χ4n) is 1.13. The van der Waals surface area contributed by atoms with Crippen molar-refractivity contribution < 1.29 is 9.53 Å². The molecule has 0 heterocycles. The molecule has 3 heteroatoms. The zero-order valence-corrected chi connectivity index (χ0v) is 10.0. The smallest absolute Gasteiger partial charge is 0.152 e. The molecule has 0 aliphatic carbocycles. The van der Waals surface area contributed by atoms with Gasteiger partial charge in [-0.2, -0.15) is 0 Å². The van der Waals surface area contributed by atoms with E-state index in [1.54, 1.807) is 12.2 Å². The highest BCUT2D eigenvalue weighted by atomic mass is 35.5. The largest absolute Gasteiger partial charge is 0.494 e. The van der Waals surface area contributed by atoms with Crippen molar-refractivity contribution in [1.29, 1.82) is 0 Å². The van der Waals surface area contributed by atoms with E-state index in [-0.39, 0.29) is 5.78 Å². The summed E-state index contributed by atoms with van der Waals surface area (Å²) in [6.07, 6.45) is 4.17. The van der Waals surface area contributed by atoms with Gasteiger partial charge in [-0.25, -0.2) is 0 Å². The molecule has 1 aromatic carbocycles. The van der Waals surface area contributed by atoms with Crippen LogP contribution in [0.25, 0.3) is 6.08 Å². The summed E-state index contributed by atoms with van der Waals surface area (Å²) in [5.41, 5.74) is 0.986. The highest BCUT2D eigenvalue weighted by Crippen LogP contribution is 2.13. The first kappa shape index (κ1) is 12.8. The van der Waals surface area contributed by atoms with Gasteiger partial charge in [0.1, 0.15) is 5.75 Å². The fraction of sp³-hybridized carbons (Fsp3) is 0.308. The number of rotatable bonds is 6. The van der Waals surface area contributed by atoms with E-state index in [9.17, 15) is 4.79 Å². The van der Waals surface area contributed by atoms with Crippen molar-refractivity contribution in [1.82, 2.24) is 0 Å². The van der Waals surface area contributed by atoms with Crippen LogP contribution in [-0.2, 0) is 4.79 Å². The molecule has 0 amide bonds. The standard InChI is InChI=1S/C13H15ClO2/c1-11(15)3-4-12-5-7-13(8-6-12)16-10-2-9-14/h3-8H,2,9-10H2,1H3. The monoisotopic (exact) mass is 238 g/mol. The van der Waals surface area contributed by atoms with Crippen LogP contribution < -0.4 is 4.74 Å². The zero-order valence-electron chi connectivity index (χ0n) is 9.28. The van der Waals surface area contributed by atoms with Crippen LogP contribution in [0, 0.1) is 0 Å². The van der Waals surface area contributed by atoms with E-state index in [0.717, 1.165) is 17.7 Å². The lowest BCUT2D eigenvalue weighted by Gasteiger charge is -2.04. The van der Waals surface area contributed by atoms with Gasteiger partial charge in [0, 0.05) is 5.88 Å². The van der Waals surface area contributed by atoms with Crippen LogP contribution in [0.1, 0.15) is 18.9 Å². The molecule has 2 nitrogen and oxygen atoms in total. The molecule has 1 rings (SSSR count). The molecule has 0 aromatic heterocycles. The van der Waals surface area contributed by atoms with Crippen LogP contribution in [-0.4, -0.2) is 18.3 Å². The van der Waals surface area contributed by atoms with Gasteiger partial charge in [-0.1, -0.05) is 18.2 Å². The van der Waals surface area contributed by atoms with Crippen molar-refractivity contribution in [2.75, 3.05) is 12.5 Å². The number of allylic oxidation sites excluding steroid dienone is 1. The Morgan fingerprint density at radius 2 is 2.06 bits per heavy atom. The van der Waals surface area contributed by atoms with E-state index >= 15 is 0 Å². The number of hydrogen-bond donors (Lipinski definition) is 0. The second-order valence-corrected chi connectivity index (χ2v) is 3.78. The predicted octanol–water partition coefficient (Wildman–Crippen LogP) is 3.30. The van der Waals surface area contributed by atoms with Gasteiger partial charge in [-0.05, 0) is 37.1 Å². The number of carbonyl (C=O) groups excluding carboxylic acids is 1. The first-order chi connectivity index (χ1) is 7.72. The maximum absolute atomic E-state index is 10.7. The maximum atomic E-state index is 10.7. The van der Waals surface area contributed by atoms with E-state index < -0.39 is 0 Å². The van der Waals surface area contributed by atoms with Gasteiger partial charge in [0.2, 0.25) is 0 Å². The lowest BCUT2D eigenvalue weighted by Crippen LogP contribution is -1.97. The Kier molecular flexibility index (Phi) is 5.65. The molecule has 16 heavy (non-hydrogen) atoms. The quantitative estimate of drug-likeness (QED) is 0.432. The van der Waals surface area contributed by atoms with E-state index in [2.05, 4.69) is 0 Å². The van der Waals surface area contributed by atoms with Crippen molar-refractivity contribution >= 4 is 23.5 Å². The van der Waals surface area contributed by atoms with Crippen molar-refractivity contribution in [3.63, 3.8) is 0 Å². The Bertz CT molecular complexity index is 355. The first-order valence-electron chi connectivity index (χ1n) is 5.20. The van der Waals surface area contributed by atoms with Crippen LogP contribution in [0.2, 0.25) is 0 Å². The summed E-state index contributed by atoms with van der Waals surface area (Å²) in [5, 5.41) is 0. The molecule has 0 atom stereocenters. The van der Waals surface area contributed by atoms with Gasteiger partial charge in [0.05, 0.1) is 6.61 Å². The Balaban J connectivity index is 2.51. The number of halogens is 1. The van der Waals surface area contributed by atoms with Gasteiger partial charge in [-0.15, -0.1) is 11.6 Å². The van der Waals surface area contributed by atoms with Crippen LogP contribution in [0.4, 0.5) is 0 Å². The summed E-state index contributed by atoms with van der Waals surface area (Å²) in [6, 6.07) is 7.59. The van der Waals surface area contributed by atoms with Crippen LogP contribution in [0.15, 0.2) is 30.3 Å². The molecular formula is C13H15ClO2. The summed E-state index contributed by atoms with van der Waals surface area (Å²) < 4.78 is 5.45. The number of benzene rings is 1. The summed E-state index contributed by atoms with van der Waals surface area (Å²) in [5.74, 6) is 1.48. The number of carbonyl (C=O) groups is 1. The van der Waals surface area contributed by atoms with E-state index in [1.807, 2.05) is 24.3 Å². The summed E-state index contributed by atoms with van der Waals surface area (Å²) >= 11 is 5.54. The maximum Gasteiger partial charge on any atom is 0.152 e. The highest BCUT2D eigenvalue weighted by Gasteiger charge is 1.93. The number of ketones is 1. The average Bonchev–Trinajstić information content (AvgIpc) is 2.28. The summed E-state index contributed by atoms with van der Waals surface area (Å²) in [4.78, 5) is 10.7. The van der Waals surface area contributed by atoms with Gasteiger partial charge >= 0.3 is 0 Å². The molecule has 0 unspecified atom stereocenters. The number of alkyl halides is 1. The predicted molar refractivity (Wildman–Crippen MR) is 67.0 cm³/mol. The molecule has 0 aliphatic rings. The number of ether oxygens (including phenoxy) is 1. The third kappa shape index (κ3) is 4.99. The third-order valence-electron chi connectivity index (χ3n) is 1.94. The molecule has 0 saturated carbocycles. The van der Waals surface area contributed by atoms with Gasteiger partial charge in [0.25, 0.3) is 0 Å². The molecule has 0 fully saturated rings. The molecule has 0 saturated heterocycles. The minimum atomic E-state index is 0.0439. The first-order valence-corrected chi connectivity index (χ1v) is 5.73. The van der Waals surface area contributed by atoms with Crippen LogP contribution in [0.3, 0.4) is 0 Å². The SMILES string of the molecule is CC(=O)C=Cc1ccc(OCCCCl)cc1. The van der Waals surface area contributed by atoms with Crippen molar-refractivity contribution in [3.05, 3.63) is 35.9 Å². The van der Waals surface area contributed by atoms with E-state index in [4.69, 9.17) is 16.3 Å². The topological polar surface area (TPSA) is 26.3 Å². The molecule has 0 radical (unpaired) electrons. The van der Waals surface area contributed by atoms with Crippen molar-refractivity contribution in [2.24, 2.45) is 0 Å². The van der Waals surface area contributed by atoms with Crippen LogP contribution in [0.5, 0.6) is 5.75 Å². The fourth-order valence-corrected chi connectivity index (χ4v) is 1.24. The number of hydrogen-bond acceptors (Lipinski definition) is 2. The Morgan fingerprint density at radius 3 is 2.62 bits per heavy atom. The van der Waals surface area contributed by atoms with Gasteiger partial charge in [-0.3, -0.25) is 4.79 Å². The molecule has 0 spiro atoms. The minimum absolute atomic E-state index is 0.0439. The summed E-state index contributed by atoms with van der Waals surface area (Å²) in [7, 11) is 0. The Labute approximate surface area is 101 Å². The zero-order chi connectivity index (χ0) is 11.8. The van der Waals surface area contributed by atoms with Gasteiger partial charge in [0.15, 0.2) is 5.78 Å². The van der Waals surface area contributed by atoms with E-state index in [1.165, 1.54) is 6.92 Å². The Morgan fingerprint density at radius 1 is 1.38 bits per heavy atom.